The minimum atomic E-state index is -0.817. The maximum atomic E-state index is 12.9. The van der Waals surface area contributed by atoms with E-state index in [4.69, 9.17) is 16.0 Å². The summed E-state index contributed by atoms with van der Waals surface area (Å²) in [5.74, 6) is -4.25. The van der Waals surface area contributed by atoms with Crippen LogP contribution in [0.1, 0.15) is 27.7 Å². The number of carbonyl (C=O) groups is 6. The third-order valence-corrected chi connectivity index (χ3v) is 11.2. The van der Waals surface area contributed by atoms with Gasteiger partial charge in [0.1, 0.15) is 11.6 Å². The molecule has 0 aliphatic carbocycles. The Morgan fingerprint density at radius 3 is 1.52 bits per heavy atom. The zero-order valence-electron chi connectivity index (χ0n) is 21.8. The van der Waals surface area contributed by atoms with Gasteiger partial charge in [0.25, 0.3) is 29.3 Å². The number of rotatable bonds is 2. The molecular formula is C26H14N4O8S4. The van der Waals surface area contributed by atoms with Crippen molar-refractivity contribution in [1.82, 2.24) is 10.6 Å². The minimum Gasteiger partial charge on any atom is -0.424 e. The fraction of sp³-hybridized carbons (Fsp3) is 0.154. The van der Waals surface area contributed by atoms with E-state index in [1.807, 2.05) is 0 Å². The fourth-order valence-corrected chi connectivity index (χ4v) is 10.0. The van der Waals surface area contributed by atoms with Crippen LogP contribution < -0.4 is 20.1 Å². The highest BCUT2D eigenvalue weighted by Gasteiger charge is 2.42. The first-order chi connectivity index (χ1) is 19.9. The normalized spacial score (nSPS) is 18.0. The van der Waals surface area contributed by atoms with Gasteiger partial charge in [0.2, 0.25) is 0 Å². The standard InChI is InChI=1S/C26H14N4O8S4/c1-7-11(6-27)21(33)29-22(34)12(7)25-39-17-15(37-9(3)31)19-20(16(18(17)40-25)38-10(4)32)42-26(41-19)13-8(2)14(28-5)24(36)30-23(13)35/h1-4H3,(H,29,33,34)(H,30,35,36). The van der Waals surface area contributed by atoms with Gasteiger partial charge in [0.05, 0.1) is 45.8 Å². The Kier molecular flexibility index (Phi) is 7.59. The van der Waals surface area contributed by atoms with Crippen LogP contribution in [0, 0.1) is 17.9 Å². The number of nitriles is 1. The van der Waals surface area contributed by atoms with Gasteiger partial charge in [-0.15, -0.1) is 0 Å². The van der Waals surface area contributed by atoms with Gasteiger partial charge in [-0.1, -0.05) is 47.0 Å². The van der Waals surface area contributed by atoms with Crippen molar-refractivity contribution in [3.05, 3.63) is 53.5 Å². The second-order valence-electron chi connectivity index (χ2n) is 8.66. The summed E-state index contributed by atoms with van der Waals surface area (Å²) >= 11 is 4.12. The maximum Gasteiger partial charge on any atom is 0.308 e. The third-order valence-electron chi connectivity index (χ3n) is 5.97. The van der Waals surface area contributed by atoms with Gasteiger partial charge in [0, 0.05) is 13.8 Å². The summed E-state index contributed by atoms with van der Waals surface area (Å²) in [4.78, 5) is 79.1. The number of imide groups is 2. The van der Waals surface area contributed by atoms with Crippen molar-refractivity contribution < 1.29 is 38.2 Å². The molecule has 5 rings (SSSR count). The molecule has 4 amide bonds. The van der Waals surface area contributed by atoms with E-state index in [2.05, 4.69) is 15.5 Å². The summed E-state index contributed by atoms with van der Waals surface area (Å²) in [5, 5.41) is 13.8. The summed E-state index contributed by atoms with van der Waals surface area (Å²) in [6.45, 7) is 12.7. The quantitative estimate of drug-likeness (QED) is 0.158. The fourth-order valence-electron chi connectivity index (χ4n) is 4.22. The van der Waals surface area contributed by atoms with Crippen LogP contribution in [0.4, 0.5) is 0 Å². The van der Waals surface area contributed by atoms with E-state index in [1.165, 1.54) is 27.7 Å². The molecule has 2 N–H and O–H groups in total. The Bertz CT molecular complexity index is 1680. The first-order valence-electron chi connectivity index (χ1n) is 11.6. The van der Waals surface area contributed by atoms with E-state index < -0.39 is 35.6 Å². The van der Waals surface area contributed by atoms with Gasteiger partial charge in [-0.05, 0) is 25.0 Å². The van der Waals surface area contributed by atoms with Crippen molar-refractivity contribution in [3.63, 3.8) is 0 Å². The molecule has 12 nitrogen and oxygen atoms in total. The molecule has 0 spiro atoms. The monoisotopic (exact) mass is 638 g/mol. The smallest absolute Gasteiger partial charge is 0.308 e. The van der Waals surface area contributed by atoms with Crippen molar-refractivity contribution in [1.29, 1.82) is 5.26 Å². The molecule has 0 unspecified atom stereocenters. The van der Waals surface area contributed by atoms with E-state index in [0.29, 0.717) is 28.1 Å². The van der Waals surface area contributed by atoms with Crippen LogP contribution in [0.3, 0.4) is 0 Å². The molecule has 42 heavy (non-hydrogen) atoms. The third kappa shape index (κ3) is 4.72. The Morgan fingerprint density at radius 1 is 0.738 bits per heavy atom. The Hall–Kier alpha value is -4.22. The molecule has 0 radical (unpaired) electrons. The van der Waals surface area contributed by atoms with Gasteiger partial charge >= 0.3 is 11.9 Å². The van der Waals surface area contributed by atoms with Crippen LogP contribution in [0.25, 0.3) is 4.85 Å². The van der Waals surface area contributed by atoms with Crippen molar-refractivity contribution in [2.75, 3.05) is 0 Å². The van der Waals surface area contributed by atoms with Crippen LogP contribution in [-0.4, -0.2) is 35.6 Å². The summed E-state index contributed by atoms with van der Waals surface area (Å²) in [6, 6.07) is 1.80. The second-order valence-corrected chi connectivity index (χ2v) is 13.3. The van der Waals surface area contributed by atoms with E-state index in [9.17, 15) is 34.0 Å². The van der Waals surface area contributed by atoms with E-state index in [0.717, 1.165) is 47.0 Å². The van der Waals surface area contributed by atoms with Gasteiger partial charge in [-0.25, -0.2) is 4.85 Å². The molecule has 0 saturated carbocycles. The predicted molar refractivity (Wildman–Crippen MR) is 150 cm³/mol. The second kappa shape index (κ2) is 10.9. The first kappa shape index (κ1) is 29.3. The van der Waals surface area contributed by atoms with Gasteiger partial charge < -0.3 is 9.47 Å². The highest BCUT2D eigenvalue weighted by Crippen LogP contribution is 2.69. The number of nitrogens with zero attached hydrogens (tertiary/aromatic N) is 2. The number of hydrogen-bond acceptors (Lipinski definition) is 13. The number of benzene rings is 1. The molecule has 0 saturated heterocycles. The summed E-state index contributed by atoms with van der Waals surface area (Å²) in [6.07, 6.45) is 0. The largest absolute Gasteiger partial charge is 0.424 e. The number of amides is 4. The molecule has 4 aliphatic rings. The summed E-state index contributed by atoms with van der Waals surface area (Å²) < 4.78 is 12.0. The highest BCUT2D eigenvalue weighted by molar-refractivity contribution is 8.26. The average molecular weight is 639 g/mol. The van der Waals surface area contributed by atoms with Gasteiger partial charge in [0.15, 0.2) is 11.5 Å². The molecule has 0 bridgehead atoms. The zero-order chi connectivity index (χ0) is 30.6. The van der Waals surface area contributed by atoms with Gasteiger partial charge in [-0.3, -0.25) is 39.4 Å². The number of thioether (sulfide) groups is 4. The van der Waals surface area contributed by atoms with Crippen LogP contribution in [0.2, 0.25) is 0 Å². The van der Waals surface area contributed by atoms with E-state index >= 15 is 0 Å². The summed E-state index contributed by atoms with van der Waals surface area (Å²) in [7, 11) is 0. The molecule has 16 heteroatoms. The lowest BCUT2D eigenvalue weighted by atomic mass is 9.98. The molecule has 0 fully saturated rings. The molecule has 1 aromatic carbocycles. The van der Waals surface area contributed by atoms with Crippen molar-refractivity contribution in [2.45, 2.75) is 47.3 Å². The SMILES string of the molecule is [C-]#[N+]C1=C(C)C(=C2Sc3c(OC(C)=O)c4c(c(OC(C)=O)c3S2)SC(=C2C(=O)NC(=O)C(C#N)=C2C)S4)C(=O)NC1=O. The van der Waals surface area contributed by atoms with Gasteiger partial charge in [-0.2, -0.15) is 5.26 Å². The van der Waals surface area contributed by atoms with Crippen molar-refractivity contribution in [3.8, 4) is 17.6 Å². The molecule has 4 aliphatic heterocycles. The lowest BCUT2D eigenvalue weighted by molar-refractivity contribution is -0.133. The van der Waals surface area contributed by atoms with E-state index in [1.54, 1.807) is 6.07 Å². The maximum absolute atomic E-state index is 12.9. The molecule has 0 atom stereocenters. The molecule has 0 aromatic heterocycles. The molecule has 210 valence electrons. The number of esters is 2. The predicted octanol–water partition coefficient (Wildman–Crippen LogP) is 3.70. The van der Waals surface area contributed by atoms with E-state index in [-0.39, 0.29) is 45.1 Å². The number of fused-ring (bicyclic) bond motifs is 2. The number of ether oxygens (including phenoxy) is 2. The Labute approximate surface area is 254 Å². The lowest BCUT2D eigenvalue weighted by Crippen LogP contribution is -2.38. The number of carbonyl (C=O) groups excluding carboxylic acids is 6. The average Bonchev–Trinajstić information content (AvgIpc) is 3.51. The number of nitrogens with one attached hydrogen (secondary N) is 2. The van der Waals surface area contributed by atoms with Crippen LogP contribution in [0.5, 0.6) is 11.5 Å². The van der Waals surface area contributed by atoms with Crippen LogP contribution >= 0.6 is 47.0 Å². The Morgan fingerprint density at radius 2 is 1.14 bits per heavy atom. The lowest BCUT2D eigenvalue weighted by Gasteiger charge is -2.17. The van der Waals surface area contributed by atoms with Crippen LogP contribution in [0.15, 0.2) is 61.6 Å². The number of hydrogen-bond donors (Lipinski definition) is 2. The molecule has 1 aromatic rings. The minimum absolute atomic E-state index is 0.0687. The summed E-state index contributed by atoms with van der Waals surface area (Å²) in [5.41, 5.74) is -0.00223. The van der Waals surface area contributed by atoms with Crippen LogP contribution in [-0.2, 0) is 28.8 Å². The molecular weight excluding hydrogens is 625 g/mol. The Balaban J connectivity index is 1.75. The van der Waals surface area contributed by atoms with Crippen molar-refractivity contribution >= 4 is 82.6 Å². The topological polar surface area (TPSA) is 173 Å². The zero-order valence-corrected chi connectivity index (χ0v) is 25.1. The highest BCUT2D eigenvalue weighted by atomic mass is 32.2. The van der Waals surface area contributed by atoms with Crippen molar-refractivity contribution in [2.24, 2.45) is 0 Å². The first-order valence-corrected chi connectivity index (χ1v) is 14.9. The molecule has 4 heterocycles.